The lowest BCUT2D eigenvalue weighted by Gasteiger charge is -2.41. The second kappa shape index (κ2) is 5.36. The highest BCUT2D eigenvalue weighted by Crippen LogP contribution is 2.29. The molecule has 0 saturated carbocycles. The van der Waals surface area contributed by atoms with Crippen LogP contribution in [-0.2, 0) is 11.3 Å². The molecule has 1 fully saturated rings. The summed E-state index contributed by atoms with van der Waals surface area (Å²) in [5.74, 6) is -0.737. The van der Waals surface area contributed by atoms with Gasteiger partial charge in [0.05, 0.1) is 5.69 Å². The fourth-order valence-corrected chi connectivity index (χ4v) is 2.60. The number of rotatable bonds is 3. The van der Waals surface area contributed by atoms with E-state index >= 15 is 0 Å². The first-order valence-electron chi connectivity index (χ1n) is 6.11. The molecule has 4 nitrogen and oxygen atoms in total. The number of likely N-dealkylation sites (tertiary alicyclic amines) is 1. The minimum atomic E-state index is -0.757. The molecule has 1 atom stereocenters. The molecule has 1 aromatic heterocycles. The average molecular weight is 313 g/mol. The summed E-state index contributed by atoms with van der Waals surface area (Å²) >= 11 is 3.35. The van der Waals surface area contributed by atoms with Gasteiger partial charge >= 0.3 is 5.97 Å². The van der Waals surface area contributed by atoms with Crippen molar-refractivity contribution in [2.24, 2.45) is 0 Å². The molecule has 1 N–H and O–H groups in total. The molecule has 0 radical (unpaired) electrons. The van der Waals surface area contributed by atoms with Crippen LogP contribution < -0.4 is 0 Å². The van der Waals surface area contributed by atoms with Gasteiger partial charge in [-0.15, -0.1) is 0 Å². The third-order valence-corrected chi connectivity index (χ3v) is 4.11. The molecule has 0 aliphatic carbocycles. The van der Waals surface area contributed by atoms with Crippen molar-refractivity contribution >= 4 is 21.9 Å². The zero-order valence-corrected chi connectivity index (χ0v) is 12.0. The summed E-state index contributed by atoms with van der Waals surface area (Å²) in [5, 5.41) is 9.42. The van der Waals surface area contributed by atoms with E-state index < -0.39 is 11.5 Å². The monoisotopic (exact) mass is 312 g/mol. The Balaban J connectivity index is 2.15. The van der Waals surface area contributed by atoms with E-state index in [9.17, 15) is 9.90 Å². The van der Waals surface area contributed by atoms with Gasteiger partial charge in [-0.2, -0.15) is 0 Å². The molecule has 0 aromatic carbocycles. The zero-order chi connectivity index (χ0) is 13.2. The van der Waals surface area contributed by atoms with E-state index in [1.165, 1.54) is 0 Å². The first-order valence-corrected chi connectivity index (χ1v) is 6.90. The van der Waals surface area contributed by atoms with Gasteiger partial charge in [0.1, 0.15) is 5.54 Å². The van der Waals surface area contributed by atoms with Gasteiger partial charge < -0.3 is 5.11 Å². The number of nitrogens with zero attached hydrogens (tertiary/aromatic N) is 2. The summed E-state index contributed by atoms with van der Waals surface area (Å²) in [4.78, 5) is 17.8. The Morgan fingerprint density at radius 3 is 2.94 bits per heavy atom. The predicted octanol–water partition coefficient (Wildman–Crippen LogP) is 2.67. The van der Waals surface area contributed by atoms with Gasteiger partial charge in [-0.25, -0.2) is 0 Å². The van der Waals surface area contributed by atoms with Crippen molar-refractivity contribution in [3.63, 3.8) is 0 Å². The van der Waals surface area contributed by atoms with Crippen LogP contribution in [-0.4, -0.2) is 33.0 Å². The summed E-state index contributed by atoms with van der Waals surface area (Å²) in [6.07, 6.45) is 4.49. The van der Waals surface area contributed by atoms with E-state index in [1.54, 1.807) is 6.20 Å². The first-order chi connectivity index (χ1) is 8.52. The highest BCUT2D eigenvalue weighted by Gasteiger charge is 2.41. The Kier molecular flexibility index (Phi) is 4.02. The number of aromatic nitrogens is 1. The van der Waals surface area contributed by atoms with Crippen LogP contribution in [0.2, 0.25) is 0 Å². The first kappa shape index (κ1) is 13.5. The van der Waals surface area contributed by atoms with E-state index in [0.717, 1.165) is 29.6 Å². The molecule has 0 spiro atoms. The SMILES string of the molecule is CC1(C(=O)O)CCCCN1Cc1ccc(Br)cn1. The van der Waals surface area contributed by atoms with E-state index in [-0.39, 0.29) is 0 Å². The van der Waals surface area contributed by atoms with Crippen LogP contribution in [0, 0.1) is 0 Å². The smallest absolute Gasteiger partial charge is 0.323 e. The minimum absolute atomic E-state index is 0.593. The average Bonchev–Trinajstić information content (AvgIpc) is 2.35. The maximum atomic E-state index is 11.5. The van der Waals surface area contributed by atoms with Crippen molar-refractivity contribution in [1.82, 2.24) is 9.88 Å². The quantitative estimate of drug-likeness (QED) is 0.932. The maximum absolute atomic E-state index is 11.5. The van der Waals surface area contributed by atoms with Crippen molar-refractivity contribution < 1.29 is 9.90 Å². The van der Waals surface area contributed by atoms with Gasteiger partial charge in [-0.05, 0) is 60.8 Å². The van der Waals surface area contributed by atoms with E-state index in [1.807, 2.05) is 24.0 Å². The summed E-state index contributed by atoms with van der Waals surface area (Å²) < 4.78 is 0.936. The largest absolute Gasteiger partial charge is 0.480 e. The number of piperidine rings is 1. The molecular weight excluding hydrogens is 296 g/mol. The van der Waals surface area contributed by atoms with Crippen molar-refractivity contribution in [3.05, 3.63) is 28.5 Å². The van der Waals surface area contributed by atoms with Gasteiger partial charge in [-0.1, -0.05) is 0 Å². The van der Waals surface area contributed by atoms with Gasteiger partial charge in [0.15, 0.2) is 0 Å². The highest BCUT2D eigenvalue weighted by molar-refractivity contribution is 9.10. The van der Waals surface area contributed by atoms with Gasteiger partial charge in [0.25, 0.3) is 0 Å². The van der Waals surface area contributed by atoms with Crippen LogP contribution in [0.15, 0.2) is 22.8 Å². The molecule has 0 bridgehead atoms. The number of hydrogen-bond acceptors (Lipinski definition) is 3. The maximum Gasteiger partial charge on any atom is 0.323 e. The summed E-state index contributed by atoms with van der Waals surface area (Å²) in [5.41, 5.74) is 0.153. The number of carboxylic acids is 1. The lowest BCUT2D eigenvalue weighted by Crippen LogP contribution is -2.54. The Labute approximate surface area is 115 Å². The summed E-state index contributed by atoms with van der Waals surface area (Å²) in [6.45, 7) is 3.23. The Bertz CT molecular complexity index is 435. The molecule has 18 heavy (non-hydrogen) atoms. The van der Waals surface area contributed by atoms with Gasteiger partial charge in [-0.3, -0.25) is 14.7 Å². The van der Waals surface area contributed by atoms with Crippen molar-refractivity contribution in [2.75, 3.05) is 6.54 Å². The number of pyridine rings is 1. The van der Waals surface area contributed by atoms with Crippen molar-refractivity contribution in [1.29, 1.82) is 0 Å². The van der Waals surface area contributed by atoms with Gasteiger partial charge in [0, 0.05) is 17.2 Å². The molecule has 1 aromatic rings. The van der Waals surface area contributed by atoms with Crippen LogP contribution in [0.4, 0.5) is 0 Å². The number of carboxylic acid groups (broad SMARTS) is 1. The molecule has 1 aliphatic rings. The number of aliphatic carboxylic acids is 1. The van der Waals surface area contributed by atoms with E-state index in [0.29, 0.717) is 13.0 Å². The van der Waals surface area contributed by atoms with Crippen LogP contribution >= 0.6 is 15.9 Å². The second-order valence-corrected chi connectivity index (χ2v) is 5.84. The molecule has 1 unspecified atom stereocenters. The van der Waals surface area contributed by atoms with Crippen LogP contribution in [0.3, 0.4) is 0 Å². The van der Waals surface area contributed by atoms with Gasteiger partial charge in [0.2, 0.25) is 0 Å². The molecule has 5 heteroatoms. The van der Waals surface area contributed by atoms with Crippen LogP contribution in [0.1, 0.15) is 31.9 Å². The summed E-state index contributed by atoms with van der Waals surface area (Å²) in [6, 6.07) is 3.87. The fraction of sp³-hybridized carbons (Fsp3) is 0.538. The minimum Gasteiger partial charge on any atom is -0.480 e. The van der Waals surface area contributed by atoms with E-state index in [4.69, 9.17) is 0 Å². The number of carbonyl (C=O) groups is 1. The molecule has 1 saturated heterocycles. The van der Waals surface area contributed by atoms with Crippen LogP contribution in [0.5, 0.6) is 0 Å². The molecular formula is C13H17BrN2O2. The normalized spacial score (nSPS) is 25.0. The lowest BCUT2D eigenvalue weighted by atomic mass is 9.88. The number of halogens is 1. The Morgan fingerprint density at radius 2 is 2.33 bits per heavy atom. The lowest BCUT2D eigenvalue weighted by molar-refractivity contribution is -0.153. The van der Waals surface area contributed by atoms with E-state index in [2.05, 4.69) is 20.9 Å². The predicted molar refractivity (Wildman–Crippen MR) is 72.2 cm³/mol. The molecule has 2 heterocycles. The number of hydrogen-bond donors (Lipinski definition) is 1. The third-order valence-electron chi connectivity index (χ3n) is 3.64. The third kappa shape index (κ3) is 2.72. The van der Waals surface area contributed by atoms with Crippen LogP contribution in [0.25, 0.3) is 0 Å². The van der Waals surface area contributed by atoms with Crippen molar-refractivity contribution in [2.45, 2.75) is 38.3 Å². The Hall–Kier alpha value is -0.940. The molecule has 0 amide bonds. The Morgan fingerprint density at radius 1 is 1.56 bits per heavy atom. The fourth-order valence-electron chi connectivity index (χ4n) is 2.37. The second-order valence-electron chi connectivity index (χ2n) is 4.93. The zero-order valence-electron chi connectivity index (χ0n) is 10.4. The summed E-state index contributed by atoms with van der Waals surface area (Å²) in [7, 11) is 0. The van der Waals surface area contributed by atoms with Crippen molar-refractivity contribution in [3.8, 4) is 0 Å². The highest BCUT2D eigenvalue weighted by atomic mass is 79.9. The molecule has 98 valence electrons. The molecule has 2 rings (SSSR count). The standard InChI is InChI=1S/C13H17BrN2O2/c1-13(12(17)18)6-2-3-7-16(13)9-11-5-4-10(14)8-15-11/h4-5,8H,2-3,6-7,9H2,1H3,(H,17,18). The molecule has 1 aliphatic heterocycles. The topological polar surface area (TPSA) is 53.4 Å².